The number of rotatable bonds is 11. The largest absolute Gasteiger partial charge is 0.495 e. The van der Waals surface area contributed by atoms with Crippen molar-refractivity contribution in [3.05, 3.63) is 77.5 Å². The van der Waals surface area contributed by atoms with Crippen LogP contribution in [0.15, 0.2) is 65.9 Å². The van der Waals surface area contributed by atoms with Gasteiger partial charge in [0.25, 0.3) is 5.91 Å². The molecule has 2 amide bonds. The SMILES string of the molecule is C#Cc1ccc(NC(=O)c2cccc(OC)c2N(C=O)c2ccc(C=NN(C)CCN(C)C)cc2)nc1. The monoisotopic (exact) mass is 498 g/mol. The van der Waals surface area contributed by atoms with Crippen LogP contribution in [0.1, 0.15) is 21.5 Å². The van der Waals surface area contributed by atoms with Crippen molar-refractivity contribution in [2.75, 3.05) is 51.6 Å². The first-order valence-electron chi connectivity index (χ1n) is 11.5. The average Bonchev–Trinajstić information content (AvgIpc) is 2.92. The molecule has 9 nitrogen and oxygen atoms in total. The van der Waals surface area contributed by atoms with Crippen LogP contribution in [0.3, 0.4) is 0 Å². The number of carbonyl (C=O) groups is 2. The Bertz CT molecular complexity index is 1280. The summed E-state index contributed by atoms with van der Waals surface area (Å²) in [6.45, 7) is 1.69. The third kappa shape index (κ3) is 7.16. The quantitative estimate of drug-likeness (QED) is 0.189. The summed E-state index contributed by atoms with van der Waals surface area (Å²) in [5.41, 5.74) is 2.57. The van der Waals surface area contributed by atoms with Crippen molar-refractivity contribution < 1.29 is 14.3 Å². The number of hydrazone groups is 1. The van der Waals surface area contributed by atoms with Crippen molar-refractivity contribution in [2.45, 2.75) is 0 Å². The lowest BCUT2D eigenvalue weighted by Crippen LogP contribution is -2.25. The van der Waals surface area contributed by atoms with Gasteiger partial charge < -0.3 is 15.0 Å². The normalized spacial score (nSPS) is 10.7. The third-order valence-corrected chi connectivity index (χ3v) is 5.43. The van der Waals surface area contributed by atoms with Crippen LogP contribution in [-0.2, 0) is 4.79 Å². The van der Waals surface area contributed by atoms with Crippen LogP contribution < -0.4 is 15.0 Å². The number of carbonyl (C=O) groups excluding carboxylic acids is 2. The molecule has 0 atom stereocenters. The fraction of sp³-hybridized carbons (Fsp3) is 0.214. The van der Waals surface area contributed by atoms with E-state index in [9.17, 15) is 9.59 Å². The highest BCUT2D eigenvalue weighted by Crippen LogP contribution is 2.36. The Morgan fingerprint density at radius 1 is 1.11 bits per heavy atom. The standard InChI is InChI=1S/C28H30N6O3/c1-6-21-12-15-26(29-18-21)31-28(36)24-8-7-9-25(37-5)27(24)34(20-35)23-13-10-22(11-14-23)19-30-33(4)17-16-32(2)3/h1,7-15,18-20H,16-17H2,2-5H3,(H,29,31,36). The van der Waals surface area contributed by atoms with Crippen molar-refractivity contribution in [3.8, 4) is 18.1 Å². The molecule has 0 saturated heterocycles. The van der Waals surface area contributed by atoms with Crippen molar-refractivity contribution in [3.63, 3.8) is 0 Å². The second-order valence-corrected chi connectivity index (χ2v) is 8.38. The van der Waals surface area contributed by atoms with Gasteiger partial charge in [-0.15, -0.1) is 6.42 Å². The van der Waals surface area contributed by atoms with E-state index >= 15 is 0 Å². The zero-order valence-corrected chi connectivity index (χ0v) is 21.4. The molecule has 0 saturated carbocycles. The van der Waals surface area contributed by atoms with Gasteiger partial charge in [0.15, 0.2) is 0 Å². The number of hydrogen-bond acceptors (Lipinski definition) is 7. The van der Waals surface area contributed by atoms with Gasteiger partial charge in [0, 0.05) is 37.6 Å². The zero-order valence-electron chi connectivity index (χ0n) is 21.4. The number of nitrogens with one attached hydrogen (secondary N) is 1. The zero-order chi connectivity index (χ0) is 26.8. The second-order valence-electron chi connectivity index (χ2n) is 8.38. The molecular formula is C28H30N6O3. The molecule has 37 heavy (non-hydrogen) atoms. The molecule has 0 unspecified atom stereocenters. The summed E-state index contributed by atoms with van der Waals surface area (Å²) in [6, 6.07) is 15.5. The minimum Gasteiger partial charge on any atom is -0.495 e. The predicted molar refractivity (Wildman–Crippen MR) is 147 cm³/mol. The summed E-state index contributed by atoms with van der Waals surface area (Å²) in [6.07, 6.45) is 9.26. The van der Waals surface area contributed by atoms with E-state index in [0.717, 1.165) is 18.7 Å². The van der Waals surface area contributed by atoms with Gasteiger partial charge in [-0.25, -0.2) is 4.98 Å². The van der Waals surface area contributed by atoms with Crippen LogP contribution in [0.25, 0.3) is 0 Å². The van der Waals surface area contributed by atoms with Crippen molar-refractivity contribution in [2.24, 2.45) is 5.10 Å². The molecule has 0 spiro atoms. The van der Waals surface area contributed by atoms with Crippen molar-refractivity contribution in [1.29, 1.82) is 0 Å². The maximum absolute atomic E-state index is 13.2. The Labute approximate surface area is 217 Å². The second kappa shape index (κ2) is 12.9. The van der Waals surface area contributed by atoms with E-state index in [0.29, 0.717) is 34.9 Å². The minimum absolute atomic E-state index is 0.238. The summed E-state index contributed by atoms with van der Waals surface area (Å²) in [4.78, 5) is 33.1. The summed E-state index contributed by atoms with van der Waals surface area (Å²) in [7, 11) is 7.42. The first kappa shape index (κ1) is 26.9. The molecule has 0 radical (unpaired) electrons. The number of terminal acetylenes is 1. The maximum atomic E-state index is 13.2. The van der Waals surface area contributed by atoms with Crippen LogP contribution in [0.2, 0.25) is 0 Å². The number of likely N-dealkylation sites (N-methyl/N-ethyl adjacent to an activating group) is 2. The highest BCUT2D eigenvalue weighted by Gasteiger charge is 2.22. The topological polar surface area (TPSA) is 90.4 Å². The highest BCUT2D eigenvalue weighted by molar-refractivity contribution is 6.11. The van der Waals surface area contributed by atoms with Crippen molar-refractivity contribution in [1.82, 2.24) is 14.9 Å². The highest BCUT2D eigenvalue weighted by atomic mass is 16.5. The molecule has 0 aliphatic carbocycles. The molecule has 3 aromatic rings. The number of pyridine rings is 1. The van der Waals surface area contributed by atoms with Gasteiger partial charge in [0.05, 0.1) is 18.9 Å². The lowest BCUT2D eigenvalue weighted by atomic mass is 10.1. The van der Waals surface area contributed by atoms with Crippen LogP contribution in [-0.4, -0.2) is 74.8 Å². The summed E-state index contributed by atoms with van der Waals surface area (Å²) < 4.78 is 5.50. The van der Waals surface area contributed by atoms with Gasteiger partial charge in [-0.2, -0.15) is 5.10 Å². The number of amides is 2. The first-order chi connectivity index (χ1) is 17.9. The molecule has 0 bridgehead atoms. The molecule has 0 fully saturated rings. The van der Waals surface area contributed by atoms with E-state index in [1.165, 1.54) is 18.2 Å². The van der Waals surface area contributed by atoms with Crippen LogP contribution in [0, 0.1) is 12.3 Å². The summed E-state index contributed by atoms with van der Waals surface area (Å²) in [5.74, 6) is 2.72. The lowest BCUT2D eigenvalue weighted by Gasteiger charge is -2.23. The van der Waals surface area contributed by atoms with Gasteiger partial charge in [-0.1, -0.05) is 24.1 Å². The van der Waals surface area contributed by atoms with E-state index in [2.05, 4.69) is 26.2 Å². The maximum Gasteiger partial charge on any atom is 0.259 e. The van der Waals surface area contributed by atoms with Crippen molar-refractivity contribution >= 4 is 35.7 Å². The lowest BCUT2D eigenvalue weighted by molar-refractivity contribution is -0.106. The van der Waals surface area contributed by atoms with E-state index in [-0.39, 0.29) is 5.56 Å². The Morgan fingerprint density at radius 2 is 1.86 bits per heavy atom. The fourth-order valence-electron chi connectivity index (χ4n) is 3.39. The number of benzene rings is 2. The molecule has 9 heteroatoms. The molecule has 3 rings (SSSR count). The van der Waals surface area contributed by atoms with Crippen LogP contribution in [0.4, 0.5) is 17.2 Å². The smallest absolute Gasteiger partial charge is 0.259 e. The summed E-state index contributed by atoms with van der Waals surface area (Å²) >= 11 is 0. The molecule has 2 aromatic carbocycles. The van der Waals surface area contributed by atoms with Gasteiger partial charge >= 0.3 is 0 Å². The van der Waals surface area contributed by atoms with Gasteiger partial charge in [-0.3, -0.25) is 19.5 Å². The Hall–Kier alpha value is -4.68. The first-order valence-corrected chi connectivity index (χ1v) is 11.5. The minimum atomic E-state index is -0.453. The van der Waals surface area contributed by atoms with Gasteiger partial charge in [-0.05, 0) is 56.1 Å². The molecular weight excluding hydrogens is 468 g/mol. The predicted octanol–water partition coefficient (Wildman–Crippen LogP) is 3.45. The number of nitrogens with zero attached hydrogens (tertiary/aromatic N) is 5. The van der Waals surface area contributed by atoms with E-state index < -0.39 is 5.91 Å². The number of methoxy groups -OCH3 is 1. The molecule has 190 valence electrons. The van der Waals surface area contributed by atoms with Crippen LogP contribution >= 0.6 is 0 Å². The third-order valence-electron chi connectivity index (χ3n) is 5.43. The number of hydrogen-bond donors (Lipinski definition) is 1. The molecule has 1 N–H and O–H groups in total. The Balaban J connectivity index is 1.86. The molecule has 1 aromatic heterocycles. The van der Waals surface area contributed by atoms with E-state index in [1.54, 1.807) is 48.7 Å². The molecule has 0 aliphatic heterocycles. The number of para-hydroxylation sites is 1. The Kier molecular flexibility index (Phi) is 9.35. The fourth-order valence-corrected chi connectivity index (χ4v) is 3.39. The summed E-state index contributed by atoms with van der Waals surface area (Å²) in [5, 5.41) is 9.05. The number of aromatic nitrogens is 1. The molecule has 0 aliphatic rings. The number of ether oxygens (including phenoxy) is 1. The van der Waals surface area contributed by atoms with Gasteiger partial charge in [0.2, 0.25) is 6.41 Å². The number of anilines is 3. The van der Waals surface area contributed by atoms with Gasteiger partial charge in [0.1, 0.15) is 17.3 Å². The van der Waals surface area contributed by atoms with E-state index in [4.69, 9.17) is 11.2 Å². The van der Waals surface area contributed by atoms with E-state index in [1.807, 2.05) is 38.3 Å². The average molecular weight is 499 g/mol. The Morgan fingerprint density at radius 3 is 2.46 bits per heavy atom. The van der Waals surface area contributed by atoms with Crippen LogP contribution in [0.5, 0.6) is 5.75 Å². The molecule has 1 heterocycles.